The van der Waals surface area contributed by atoms with E-state index in [9.17, 15) is 9.59 Å². The van der Waals surface area contributed by atoms with Gasteiger partial charge >= 0.3 is 18.2 Å². The van der Waals surface area contributed by atoms with Gasteiger partial charge < -0.3 is 9.47 Å². The highest BCUT2D eigenvalue weighted by Gasteiger charge is 2.21. The van der Waals surface area contributed by atoms with Crippen LogP contribution >= 0.6 is 0 Å². The van der Waals surface area contributed by atoms with E-state index < -0.39 is 11.9 Å². The van der Waals surface area contributed by atoms with E-state index >= 15 is 0 Å². The first kappa shape index (κ1) is 33.1. The van der Waals surface area contributed by atoms with Crippen LogP contribution in [0.15, 0.2) is 48.5 Å². The van der Waals surface area contributed by atoms with Crippen molar-refractivity contribution in [2.45, 2.75) is 90.9 Å². The summed E-state index contributed by atoms with van der Waals surface area (Å²) in [4.78, 5) is 45.0. The lowest BCUT2D eigenvalue weighted by Gasteiger charge is -2.13. The van der Waals surface area contributed by atoms with Crippen LogP contribution in [0.1, 0.15) is 112 Å². The third-order valence-corrected chi connectivity index (χ3v) is 6.01. The van der Waals surface area contributed by atoms with E-state index in [1.54, 1.807) is 48.5 Å². The van der Waals surface area contributed by atoms with Crippen LogP contribution in [0, 0.1) is 13.2 Å². The zero-order valence-corrected chi connectivity index (χ0v) is 24.0. The van der Waals surface area contributed by atoms with Gasteiger partial charge in [-0.25, -0.2) is 9.59 Å². The Bertz CT molecular complexity index is 869. The van der Waals surface area contributed by atoms with Gasteiger partial charge in [-0.3, -0.25) is 9.78 Å². The summed E-state index contributed by atoms with van der Waals surface area (Å²) in [6.45, 7) is 9.39. The number of hydrogen-bond donors (Lipinski definition) is 0. The van der Waals surface area contributed by atoms with Crippen LogP contribution in [-0.4, -0.2) is 25.2 Å². The molecule has 0 aliphatic rings. The van der Waals surface area contributed by atoms with Gasteiger partial charge in [0.2, 0.25) is 0 Å². The fourth-order valence-electron chi connectivity index (χ4n) is 3.62. The fraction of sp³-hybridized carbons (Fsp3) is 0.500. The molecule has 0 aliphatic carbocycles. The number of rotatable bonds is 22. The summed E-state index contributed by atoms with van der Waals surface area (Å²) in [5.74, 6) is -0.0823. The van der Waals surface area contributed by atoms with Crippen LogP contribution in [-0.2, 0) is 19.6 Å². The van der Waals surface area contributed by atoms with Crippen molar-refractivity contribution in [1.29, 1.82) is 0 Å². The van der Waals surface area contributed by atoms with Gasteiger partial charge in [-0.05, 0) is 67.8 Å². The Balaban J connectivity index is 1.80. The minimum atomic E-state index is -0.718. The molecule has 220 valence electrons. The summed E-state index contributed by atoms with van der Waals surface area (Å²) in [6.07, 6.45) is 11.2. The molecule has 8 nitrogen and oxygen atoms in total. The van der Waals surface area contributed by atoms with Crippen molar-refractivity contribution in [3.05, 3.63) is 72.9 Å². The topological polar surface area (TPSA) is 89.5 Å². The van der Waals surface area contributed by atoms with Crippen molar-refractivity contribution in [2.75, 3.05) is 13.2 Å². The van der Waals surface area contributed by atoms with E-state index in [1.807, 2.05) is 0 Å². The SMILES string of the molecule is [CH2]CCCC[C](OOC(=O)c1ccc(OCCCCCC)cc1)OOC(=O)c1ccc(OCCCCCC)cc1. The van der Waals surface area contributed by atoms with Gasteiger partial charge in [-0.2, -0.15) is 0 Å². The molecule has 0 fully saturated rings. The van der Waals surface area contributed by atoms with Crippen LogP contribution < -0.4 is 9.47 Å². The van der Waals surface area contributed by atoms with Crippen molar-refractivity contribution < 1.29 is 38.6 Å². The van der Waals surface area contributed by atoms with Gasteiger partial charge in [0, 0.05) is 6.42 Å². The number of benzene rings is 2. The minimum Gasteiger partial charge on any atom is -0.494 e. The van der Waals surface area contributed by atoms with Crippen molar-refractivity contribution >= 4 is 11.9 Å². The number of ether oxygens (including phenoxy) is 2. The van der Waals surface area contributed by atoms with Crippen molar-refractivity contribution in [2.24, 2.45) is 0 Å². The summed E-state index contributed by atoms with van der Waals surface area (Å²) in [6, 6.07) is 13.2. The molecular formula is C32H44O8. The third kappa shape index (κ3) is 13.8. The van der Waals surface area contributed by atoms with Gasteiger partial charge in [0.05, 0.1) is 24.3 Å². The van der Waals surface area contributed by atoms with Gasteiger partial charge in [0.1, 0.15) is 11.5 Å². The van der Waals surface area contributed by atoms with E-state index in [1.165, 1.54) is 25.7 Å². The van der Waals surface area contributed by atoms with Crippen LogP contribution in [0.2, 0.25) is 0 Å². The molecule has 2 rings (SSSR count). The summed E-state index contributed by atoms with van der Waals surface area (Å²) in [5.41, 5.74) is 0.556. The maximum atomic E-state index is 12.5. The zero-order chi connectivity index (χ0) is 28.8. The highest BCUT2D eigenvalue weighted by molar-refractivity contribution is 5.89. The molecule has 40 heavy (non-hydrogen) atoms. The van der Waals surface area contributed by atoms with Crippen LogP contribution in [0.5, 0.6) is 11.5 Å². The first-order valence-corrected chi connectivity index (χ1v) is 14.5. The van der Waals surface area contributed by atoms with Crippen LogP contribution in [0.3, 0.4) is 0 Å². The molecular weight excluding hydrogens is 512 g/mol. The summed E-state index contributed by atoms with van der Waals surface area (Å²) in [7, 11) is 0. The monoisotopic (exact) mass is 556 g/mol. The Labute approximate surface area is 239 Å². The molecule has 0 heterocycles. The van der Waals surface area contributed by atoms with E-state index in [4.69, 9.17) is 29.0 Å². The second-order valence-corrected chi connectivity index (χ2v) is 9.46. The predicted molar refractivity (Wildman–Crippen MR) is 152 cm³/mol. The van der Waals surface area contributed by atoms with Crippen molar-refractivity contribution in [3.63, 3.8) is 0 Å². The minimum absolute atomic E-state index is 0.144. The average Bonchev–Trinajstić information content (AvgIpc) is 2.98. The molecule has 2 aromatic rings. The molecule has 0 aromatic heterocycles. The number of carbonyl (C=O) groups is 2. The molecule has 0 atom stereocenters. The molecule has 0 bridgehead atoms. The van der Waals surface area contributed by atoms with Crippen LogP contribution in [0.25, 0.3) is 0 Å². The Hall–Kier alpha value is -3.10. The molecule has 0 saturated carbocycles. The standard InChI is InChI=1S/C32H44O8/c1-4-7-10-13-24-35-28-20-16-26(17-21-28)31(33)39-37-30(15-12-9-6-3)38-40-32(34)27-18-22-29(23-19-27)36-25-14-11-8-5-2/h16-23H,3-15,24-25H2,1-2H3. The Morgan fingerprint density at radius 3 is 1.43 bits per heavy atom. The molecule has 0 N–H and O–H groups in total. The van der Waals surface area contributed by atoms with Crippen LogP contribution in [0.4, 0.5) is 0 Å². The maximum absolute atomic E-state index is 12.5. The molecule has 2 radical (unpaired) electrons. The van der Waals surface area contributed by atoms with Crippen molar-refractivity contribution in [3.8, 4) is 11.5 Å². The molecule has 0 amide bonds. The molecule has 0 unspecified atom stereocenters. The van der Waals surface area contributed by atoms with E-state index in [0.717, 1.165) is 32.1 Å². The molecule has 8 heteroatoms. The Morgan fingerprint density at radius 2 is 1.02 bits per heavy atom. The normalized spacial score (nSPS) is 10.9. The zero-order valence-electron chi connectivity index (χ0n) is 24.0. The highest BCUT2D eigenvalue weighted by atomic mass is 17.3. The highest BCUT2D eigenvalue weighted by Crippen LogP contribution is 2.20. The number of carbonyl (C=O) groups excluding carboxylic acids is 2. The Morgan fingerprint density at radius 1 is 0.575 bits per heavy atom. The second-order valence-electron chi connectivity index (χ2n) is 9.46. The predicted octanol–water partition coefficient (Wildman–Crippen LogP) is 8.37. The molecule has 0 spiro atoms. The van der Waals surface area contributed by atoms with E-state index in [-0.39, 0.29) is 23.8 Å². The molecule has 0 aliphatic heterocycles. The number of hydrogen-bond acceptors (Lipinski definition) is 8. The lowest BCUT2D eigenvalue weighted by atomic mass is 10.2. The molecule has 2 aromatic carbocycles. The van der Waals surface area contributed by atoms with Gasteiger partial charge in [0.25, 0.3) is 0 Å². The lowest BCUT2D eigenvalue weighted by molar-refractivity contribution is -0.363. The fourth-order valence-corrected chi connectivity index (χ4v) is 3.62. The summed E-state index contributed by atoms with van der Waals surface area (Å²) >= 11 is 0. The summed E-state index contributed by atoms with van der Waals surface area (Å²) in [5, 5.41) is 0. The second kappa shape index (κ2) is 20.8. The Kier molecular flexibility index (Phi) is 17.2. The van der Waals surface area contributed by atoms with Gasteiger partial charge in [-0.1, -0.05) is 72.1 Å². The van der Waals surface area contributed by atoms with E-state index in [2.05, 4.69) is 20.8 Å². The third-order valence-electron chi connectivity index (χ3n) is 6.01. The molecule has 0 saturated heterocycles. The smallest absolute Gasteiger partial charge is 0.373 e. The van der Waals surface area contributed by atoms with Gasteiger partial charge in [0.15, 0.2) is 0 Å². The lowest BCUT2D eigenvalue weighted by Crippen LogP contribution is -2.16. The summed E-state index contributed by atoms with van der Waals surface area (Å²) < 4.78 is 11.4. The van der Waals surface area contributed by atoms with Gasteiger partial charge in [-0.15, -0.1) is 9.78 Å². The largest absolute Gasteiger partial charge is 0.494 e. The first-order chi connectivity index (χ1) is 19.6. The first-order valence-electron chi connectivity index (χ1n) is 14.5. The maximum Gasteiger partial charge on any atom is 0.373 e. The van der Waals surface area contributed by atoms with E-state index in [0.29, 0.717) is 37.6 Å². The number of unbranched alkanes of at least 4 members (excludes halogenated alkanes) is 8. The van der Waals surface area contributed by atoms with Crippen molar-refractivity contribution in [1.82, 2.24) is 0 Å². The average molecular weight is 557 g/mol. The quantitative estimate of drug-likeness (QED) is 0.0812.